The minimum absolute atomic E-state index is 0.0295. The van der Waals surface area contributed by atoms with E-state index in [9.17, 15) is 9.90 Å². The fraction of sp³-hybridized carbons (Fsp3) is 0.429. The third-order valence-electron chi connectivity index (χ3n) is 4.55. The van der Waals surface area contributed by atoms with Gasteiger partial charge in [0.15, 0.2) is 0 Å². The quantitative estimate of drug-likeness (QED) is 0.678. The largest absolute Gasteiger partial charge is 0.512 e. The Balaban J connectivity index is 2.00. The van der Waals surface area contributed by atoms with Crippen molar-refractivity contribution in [2.45, 2.75) is 47.0 Å². The number of carbonyl (C=O) groups excluding carboxylic acids is 1. The van der Waals surface area contributed by atoms with Crippen molar-refractivity contribution in [2.24, 2.45) is 10.4 Å². The van der Waals surface area contributed by atoms with Crippen LogP contribution in [-0.4, -0.2) is 23.4 Å². The number of aliphatic hydroxyl groups excluding tert-OH is 1. The fourth-order valence-corrected chi connectivity index (χ4v) is 3.07. The lowest BCUT2D eigenvalue weighted by Gasteiger charge is -2.31. The first kappa shape index (κ1) is 19.0. The molecular formula is C21H28N2O2. The molecule has 4 nitrogen and oxygen atoms in total. The average Bonchev–Trinajstić information content (AvgIpc) is 2.91. The number of hydrogen-bond donors (Lipinski definition) is 2. The molecule has 25 heavy (non-hydrogen) atoms. The van der Waals surface area contributed by atoms with Crippen LogP contribution in [0.25, 0.3) is 0 Å². The molecule has 2 rings (SSSR count). The SMILES string of the molecule is CC(/C=C/C1=C(O)CCCC1(C)C)=C\C=C\C(C)=C\C1=NC(=O)NC1. The van der Waals surface area contributed by atoms with E-state index < -0.39 is 0 Å². The van der Waals surface area contributed by atoms with Crippen LogP contribution < -0.4 is 5.32 Å². The molecule has 0 atom stereocenters. The van der Waals surface area contributed by atoms with E-state index in [-0.39, 0.29) is 11.4 Å². The second-order valence-corrected chi connectivity index (χ2v) is 7.35. The molecule has 0 saturated heterocycles. The Labute approximate surface area is 150 Å². The van der Waals surface area contributed by atoms with E-state index in [0.29, 0.717) is 12.3 Å². The Morgan fingerprint density at radius 3 is 2.64 bits per heavy atom. The molecule has 0 unspecified atom stereocenters. The van der Waals surface area contributed by atoms with Crippen molar-refractivity contribution in [3.8, 4) is 0 Å². The molecule has 4 heteroatoms. The van der Waals surface area contributed by atoms with Gasteiger partial charge in [0.2, 0.25) is 0 Å². The third kappa shape index (κ3) is 5.59. The second kappa shape index (κ2) is 8.15. The van der Waals surface area contributed by atoms with Crippen molar-refractivity contribution >= 4 is 11.7 Å². The van der Waals surface area contributed by atoms with Gasteiger partial charge in [-0.2, -0.15) is 4.99 Å². The van der Waals surface area contributed by atoms with Gasteiger partial charge in [0.05, 0.1) is 18.0 Å². The topological polar surface area (TPSA) is 61.7 Å². The van der Waals surface area contributed by atoms with Crippen molar-refractivity contribution in [3.63, 3.8) is 0 Å². The van der Waals surface area contributed by atoms with Gasteiger partial charge in [-0.25, -0.2) is 4.79 Å². The Bertz CT molecular complexity index is 716. The van der Waals surface area contributed by atoms with Crippen molar-refractivity contribution in [2.75, 3.05) is 6.54 Å². The maximum absolute atomic E-state index is 11.0. The van der Waals surface area contributed by atoms with Gasteiger partial charge in [0, 0.05) is 6.42 Å². The van der Waals surface area contributed by atoms with Gasteiger partial charge in [0.1, 0.15) is 0 Å². The van der Waals surface area contributed by atoms with Crippen LogP contribution in [0.4, 0.5) is 4.79 Å². The molecule has 1 aliphatic carbocycles. The highest BCUT2D eigenvalue weighted by molar-refractivity contribution is 6.08. The van der Waals surface area contributed by atoms with E-state index in [1.807, 2.05) is 50.3 Å². The molecule has 2 amide bonds. The van der Waals surface area contributed by atoms with E-state index >= 15 is 0 Å². The van der Waals surface area contributed by atoms with Crippen LogP contribution in [0.15, 0.2) is 63.9 Å². The minimum Gasteiger partial charge on any atom is -0.512 e. The molecule has 0 saturated carbocycles. The number of rotatable bonds is 5. The first-order valence-electron chi connectivity index (χ1n) is 8.77. The number of hydrogen-bond acceptors (Lipinski definition) is 2. The summed E-state index contributed by atoms with van der Waals surface area (Å²) in [6.07, 6.45) is 14.9. The lowest BCUT2D eigenvalue weighted by molar-refractivity contribution is 0.252. The maximum atomic E-state index is 11.0. The molecule has 0 radical (unpaired) electrons. The Morgan fingerprint density at radius 2 is 2.00 bits per heavy atom. The summed E-state index contributed by atoms with van der Waals surface area (Å²) in [5.74, 6) is 0.523. The smallest absolute Gasteiger partial charge is 0.341 e. The predicted molar refractivity (Wildman–Crippen MR) is 104 cm³/mol. The molecule has 134 valence electrons. The van der Waals surface area contributed by atoms with Crippen LogP contribution in [0.3, 0.4) is 0 Å². The fourth-order valence-electron chi connectivity index (χ4n) is 3.07. The molecule has 0 bridgehead atoms. The number of allylic oxidation sites excluding steroid dienone is 9. The molecule has 2 N–H and O–H groups in total. The first-order valence-corrected chi connectivity index (χ1v) is 8.77. The lowest BCUT2D eigenvalue weighted by atomic mass is 9.74. The van der Waals surface area contributed by atoms with Crippen LogP contribution in [0.1, 0.15) is 47.0 Å². The van der Waals surface area contributed by atoms with Gasteiger partial charge in [-0.15, -0.1) is 0 Å². The van der Waals surface area contributed by atoms with E-state index in [1.165, 1.54) is 0 Å². The zero-order chi connectivity index (χ0) is 18.4. The zero-order valence-corrected chi connectivity index (χ0v) is 15.6. The van der Waals surface area contributed by atoms with Gasteiger partial charge in [-0.3, -0.25) is 0 Å². The zero-order valence-electron chi connectivity index (χ0n) is 15.6. The van der Waals surface area contributed by atoms with Crippen molar-refractivity contribution in [1.29, 1.82) is 0 Å². The summed E-state index contributed by atoms with van der Waals surface area (Å²) < 4.78 is 0. The average molecular weight is 340 g/mol. The number of aliphatic hydroxyl groups is 1. The number of urea groups is 1. The standard InChI is InChI=1S/C21H28N2O2/c1-15(10-11-18-19(24)9-6-12-21(18,3)4)7-5-8-16(2)13-17-14-22-20(25)23-17/h5,7-8,10-11,13,24H,6,9,12,14H2,1-4H3,(H,22,25)/b8-5+,11-10+,15-7+,16-13+. The van der Waals surface area contributed by atoms with Gasteiger partial charge in [-0.05, 0) is 49.3 Å². The van der Waals surface area contributed by atoms with E-state index in [2.05, 4.69) is 24.2 Å². The summed E-state index contributed by atoms with van der Waals surface area (Å²) in [4.78, 5) is 14.9. The van der Waals surface area contributed by atoms with E-state index in [4.69, 9.17) is 0 Å². The second-order valence-electron chi connectivity index (χ2n) is 7.35. The van der Waals surface area contributed by atoms with Crippen LogP contribution >= 0.6 is 0 Å². The van der Waals surface area contributed by atoms with Crippen LogP contribution in [0.2, 0.25) is 0 Å². The third-order valence-corrected chi connectivity index (χ3v) is 4.55. The summed E-state index contributed by atoms with van der Waals surface area (Å²) in [7, 11) is 0. The number of carbonyl (C=O) groups is 1. The summed E-state index contributed by atoms with van der Waals surface area (Å²) in [6.45, 7) is 8.88. The van der Waals surface area contributed by atoms with Crippen LogP contribution in [-0.2, 0) is 0 Å². The Morgan fingerprint density at radius 1 is 1.24 bits per heavy atom. The van der Waals surface area contributed by atoms with Gasteiger partial charge < -0.3 is 10.4 Å². The predicted octanol–water partition coefficient (Wildman–Crippen LogP) is 5.18. The monoisotopic (exact) mass is 340 g/mol. The van der Waals surface area contributed by atoms with Crippen LogP contribution in [0, 0.1) is 5.41 Å². The minimum atomic E-state index is -0.271. The van der Waals surface area contributed by atoms with E-state index in [1.54, 1.807) is 0 Å². The number of nitrogens with one attached hydrogen (secondary N) is 1. The highest BCUT2D eigenvalue weighted by Crippen LogP contribution is 2.40. The molecular weight excluding hydrogens is 312 g/mol. The summed E-state index contributed by atoms with van der Waals surface area (Å²) in [5, 5.41) is 12.8. The maximum Gasteiger partial charge on any atom is 0.341 e. The number of aliphatic imine (C=N–C) groups is 1. The van der Waals surface area contributed by atoms with Gasteiger partial charge in [0.25, 0.3) is 0 Å². The molecule has 0 aromatic heterocycles. The van der Waals surface area contributed by atoms with Crippen molar-refractivity contribution in [3.05, 3.63) is 58.9 Å². The molecule has 0 aromatic rings. The van der Waals surface area contributed by atoms with Crippen LogP contribution in [0.5, 0.6) is 0 Å². The molecule has 1 aliphatic heterocycles. The van der Waals surface area contributed by atoms with E-state index in [0.717, 1.165) is 41.7 Å². The molecule has 1 heterocycles. The summed E-state index contributed by atoms with van der Waals surface area (Å²) in [6, 6.07) is -0.271. The molecule has 0 aromatic carbocycles. The van der Waals surface area contributed by atoms with Crippen molar-refractivity contribution < 1.29 is 9.90 Å². The highest BCUT2D eigenvalue weighted by atomic mass is 16.3. The summed E-state index contributed by atoms with van der Waals surface area (Å²) >= 11 is 0. The number of amides is 2. The van der Waals surface area contributed by atoms with Gasteiger partial charge in [-0.1, -0.05) is 49.8 Å². The molecule has 2 aliphatic rings. The molecule has 0 fully saturated rings. The normalized spacial score (nSPS) is 22.1. The number of nitrogens with zero attached hydrogens (tertiary/aromatic N) is 1. The van der Waals surface area contributed by atoms with Crippen molar-refractivity contribution in [1.82, 2.24) is 5.32 Å². The first-order chi connectivity index (χ1) is 11.8. The van der Waals surface area contributed by atoms with Gasteiger partial charge >= 0.3 is 6.03 Å². The summed E-state index contributed by atoms with van der Waals surface area (Å²) in [5.41, 5.74) is 3.98. The lowest BCUT2D eigenvalue weighted by Crippen LogP contribution is -2.19. The Hall–Kier alpha value is -2.36. The Kier molecular flexibility index (Phi) is 6.18. The molecule has 0 spiro atoms. The highest BCUT2D eigenvalue weighted by Gasteiger charge is 2.28.